The summed E-state index contributed by atoms with van der Waals surface area (Å²) in [5.41, 5.74) is 1.46. The highest BCUT2D eigenvalue weighted by Crippen LogP contribution is 2.15. The summed E-state index contributed by atoms with van der Waals surface area (Å²) in [4.78, 5) is 34.2. The number of carbonyl (C=O) groups excluding carboxylic acids is 1. The third kappa shape index (κ3) is 6.49. The second kappa shape index (κ2) is 11.0. The van der Waals surface area contributed by atoms with Gasteiger partial charge in [0.05, 0.1) is 32.2 Å². The number of nitrogens with one attached hydrogen (secondary N) is 1. The molecule has 1 aromatic carbocycles. The van der Waals surface area contributed by atoms with E-state index in [1.54, 1.807) is 10.6 Å². The van der Waals surface area contributed by atoms with Gasteiger partial charge in [0.2, 0.25) is 0 Å². The van der Waals surface area contributed by atoms with E-state index in [1.165, 1.54) is 26.8 Å². The van der Waals surface area contributed by atoms with Crippen LogP contribution in [0.1, 0.15) is 12.5 Å². The number of aromatic nitrogens is 3. The molecule has 0 saturated heterocycles. The summed E-state index contributed by atoms with van der Waals surface area (Å²) in [6, 6.07) is 11.4. The predicted octanol–water partition coefficient (Wildman–Crippen LogP) is 2.15. The molecule has 1 unspecified atom stereocenters. The number of methoxy groups -OCH3 is 1. The molecule has 0 fully saturated rings. The van der Waals surface area contributed by atoms with Gasteiger partial charge in [0, 0.05) is 13.0 Å². The van der Waals surface area contributed by atoms with Crippen LogP contribution in [0, 0.1) is 0 Å². The maximum absolute atomic E-state index is 12.2. The number of H-pyrrole nitrogens is 1. The van der Waals surface area contributed by atoms with Crippen LogP contribution in [0.15, 0.2) is 52.5 Å². The van der Waals surface area contributed by atoms with E-state index in [4.69, 9.17) is 18.9 Å². The quantitative estimate of drug-likeness (QED) is 0.282. The molecular formula is C21H24N4O6. The van der Waals surface area contributed by atoms with E-state index in [-0.39, 0.29) is 31.0 Å². The van der Waals surface area contributed by atoms with Crippen LogP contribution in [0.5, 0.6) is 0 Å². The van der Waals surface area contributed by atoms with Crippen molar-refractivity contribution in [3.63, 3.8) is 0 Å². The minimum absolute atomic E-state index is 0.0424. The summed E-state index contributed by atoms with van der Waals surface area (Å²) in [7, 11) is 1.46. The molecule has 10 heteroatoms. The van der Waals surface area contributed by atoms with Crippen LogP contribution < -0.4 is 5.56 Å². The number of nitrogens with zero attached hydrogens (tertiary/aromatic N) is 3. The lowest BCUT2D eigenvalue weighted by Gasteiger charge is -2.18. The summed E-state index contributed by atoms with van der Waals surface area (Å²) in [5.74, 6) is -0.0827. The minimum atomic E-state index is -0.502. The largest absolute Gasteiger partial charge is 0.486 e. The van der Waals surface area contributed by atoms with Crippen LogP contribution in [0.25, 0.3) is 11.0 Å². The Labute approximate surface area is 178 Å². The lowest BCUT2D eigenvalue weighted by atomic mass is 10.2. The number of benzene rings is 1. The van der Waals surface area contributed by atoms with E-state index < -0.39 is 12.1 Å². The molecule has 0 aliphatic carbocycles. The summed E-state index contributed by atoms with van der Waals surface area (Å²) >= 11 is 0. The van der Waals surface area contributed by atoms with Crippen LogP contribution in [-0.4, -0.2) is 53.3 Å². The van der Waals surface area contributed by atoms with Gasteiger partial charge in [0.15, 0.2) is 11.9 Å². The van der Waals surface area contributed by atoms with E-state index in [9.17, 15) is 9.59 Å². The number of hydrogen-bond donors (Lipinski definition) is 1. The lowest BCUT2D eigenvalue weighted by molar-refractivity contribution is -0.149. The fourth-order valence-corrected chi connectivity index (χ4v) is 2.76. The van der Waals surface area contributed by atoms with Gasteiger partial charge in [0.1, 0.15) is 25.3 Å². The molecule has 0 bridgehead atoms. The molecule has 0 radical (unpaired) electrons. The smallest absolute Gasteiger partial charge is 0.302 e. The first-order valence-electron chi connectivity index (χ1n) is 9.57. The van der Waals surface area contributed by atoms with Gasteiger partial charge in [-0.2, -0.15) is 0 Å². The topological polar surface area (TPSA) is 117 Å². The van der Waals surface area contributed by atoms with Crippen molar-refractivity contribution in [1.29, 1.82) is 0 Å². The molecule has 31 heavy (non-hydrogen) atoms. The third-order valence-corrected chi connectivity index (χ3v) is 4.24. The average Bonchev–Trinajstić information content (AvgIpc) is 3.18. The van der Waals surface area contributed by atoms with E-state index in [0.29, 0.717) is 17.9 Å². The normalized spacial score (nSPS) is 12.3. The number of hydrogen-bond acceptors (Lipinski definition) is 8. The van der Waals surface area contributed by atoms with Gasteiger partial charge in [-0.25, -0.2) is 9.98 Å². The van der Waals surface area contributed by atoms with Gasteiger partial charge < -0.3 is 28.5 Å². The first-order valence-corrected chi connectivity index (χ1v) is 9.57. The van der Waals surface area contributed by atoms with Gasteiger partial charge in [-0.15, -0.1) is 0 Å². The van der Waals surface area contributed by atoms with Gasteiger partial charge in [-0.05, 0) is 5.56 Å². The number of rotatable bonds is 11. The Morgan fingerprint density at radius 3 is 2.84 bits per heavy atom. The predicted molar refractivity (Wildman–Crippen MR) is 113 cm³/mol. The number of imidazole rings is 1. The number of aliphatic imine (C=N–C) groups is 1. The molecule has 0 amide bonds. The first kappa shape index (κ1) is 22.2. The van der Waals surface area contributed by atoms with E-state index in [0.717, 1.165) is 5.56 Å². The molecule has 3 aromatic rings. The molecule has 1 N–H and O–H groups in total. The second-order valence-electron chi connectivity index (χ2n) is 6.62. The van der Waals surface area contributed by atoms with Crippen molar-refractivity contribution in [2.75, 3.05) is 20.3 Å². The lowest BCUT2D eigenvalue weighted by Crippen LogP contribution is -2.27. The second-order valence-corrected chi connectivity index (χ2v) is 6.62. The third-order valence-electron chi connectivity index (χ3n) is 4.24. The van der Waals surface area contributed by atoms with Crippen molar-refractivity contribution < 1.29 is 23.7 Å². The zero-order valence-corrected chi connectivity index (χ0v) is 17.3. The van der Waals surface area contributed by atoms with Crippen molar-refractivity contribution in [2.45, 2.75) is 26.4 Å². The van der Waals surface area contributed by atoms with Gasteiger partial charge in [-0.1, -0.05) is 30.3 Å². The minimum Gasteiger partial charge on any atom is -0.486 e. The monoisotopic (exact) mass is 428 g/mol. The Kier molecular flexibility index (Phi) is 7.91. The highest BCUT2D eigenvalue weighted by Gasteiger charge is 2.14. The van der Waals surface area contributed by atoms with Crippen molar-refractivity contribution >= 4 is 29.2 Å². The zero-order chi connectivity index (χ0) is 22.1. The molecule has 10 nitrogen and oxygen atoms in total. The number of pyridine rings is 1. The molecule has 0 spiro atoms. The molecule has 0 saturated carbocycles. The van der Waals surface area contributed by atoms with Crippen LogP contribution in [0.4, 0.5) is 5.82 Å². The standard InChI is InChI=1S/C21H24N4O6/c1-15(26)30-11-17(10-29-9-16-6-4-3-5-7-16)31-14-25-12-22-20-18(25)8-19(23-13-28-2)24-21(20)27/h3-8,12-13,17H,9-11,14H2,1-2H3,(H,24,27)/b23-13-. The van der Waals surface area contributed by atoms with Crippen LogP contribution in [0.3, 0.4) is 0 Å². The highest BCUT2D eigenvalue weighted by molar-refractivity contribution is 5.77. The SMILES string of the molecule is CO/C=N\c1cc2c(ncn2COC(COCc2ccccc2)COC(C)=O)c(=O)[nH]1. The van der Waals surface area contributed by atoms with E-state index in [2.05, 4.69) is 15.0 Å². The van der Waals surface area contributed by atoms with Crippen LogP contribution >= 0.6 is 0 Å². The number of esters is 1. The first-order chi connectivity index (χ1) is 15.1. The molecule has 0 aliphatic heterocycles. The summed E-state index contributed by atoms with van der Waals surface area (Å²) in [6.07, 6.45) is 2.21. The van der Waals surface area contributed by atoms with Gasteiger partial charge in [0.25, 0.3) is 5.56 Å². The Hall–Kier alpha value is -3.50. The van der Waals surface area contributed by atoms with Gasteiger partial charge >= 0.3 is 5.97 Å². The van der Waals surface area contributed by atoms with Crippen molar-refractivity contribution in [3.05, 3.63) is 58.6 Å². The number of ether oxygens (including phenoxy) is 4. The van der Waals surface area contributed by atoms with Crippen LogP contribution in [-0.2, 0) is 37.1 Å². The fraction of sp³-hybridized carbons (Fsp3) is 0.333. The number of aromatic amines is 1. The van der Waals surface area contributed by atoms with E-state index in [1.807, 2.05) is 30.3 Å². The molecule has 0 aliphatic rings. The van der Waals surface area contributed by atoms with Crippen molar-refractivity contribution in [1.82, 2.24) is 14.5 Å². The summed E-state index contributed by atoms with van der Waals surface area (Å²) in [5, 5.41) is 0. The van der Waals surface area contributed by atoms with Crippen molar-refractivity contribution in [3.8, 4) is 0 Å². The molecular weight excluding hydrogens is 404 g/mol. The highest BCUT2D eigenvalue weighted by atomic mass is 16.6. The Bertz CT molecular complexity index is 1080. The Morgan fingerprint density at radius 1 is 1.29 bits per heavy atom. The fourth-order valence-electron chi connectivity index (χ4n) is 2.76. The summed E-state index contributed by atoms with van der Waals surface area (Å²) < 4.78 is 23.2. The molecule has 2 heterocycles. The zero-order valence-electron chi connectivity index (χ0n) is 17.3. The maximum atomic E-state index is 12.2. The Morgan fingerprint density at radius 2 is 2.10 bits per heavy atom. The number of fused-ring (bicyclic) bond motifs is 1. The number of carbonyl (C=O) groups is 1. The van der Waals surface area contributed by atoms with Crippen LogP contribution in [0.2, 0.25) is 0 Å². The molecule has 3 rings (SSSR count). The molecule has 1 atom stereocenters. The maximum Gasteiger partial charge on any atom is 0.302 e. The van der Waals surface area contributed by atoms with Gasteiger partial charge in [-0.3, -0.25) is 9.59 Å². The molecule has 2 aromatic heterocycles. The molecule has 164 valence electrons. The Balaban J connectivity index is 1.67. The van der Waals surface area contributed by atoms with Crippen molar-refractivity contribution in [2.24, 2.45) is 4.99 Å². The average molecular weight is 428 g/mol. The van der Waals surface area contributed by atoms with E-state index >= 15 is 0 Å². The summed E-state index contributed by atoms with van der Waals surface area (Å²) in [6.45, 7) is 2.08.